The van der Waals surface area contributed by atoms with Crippen molar-refractivity contribution < 1.29 is 14.6 Å². The minimum absolute atomic E-state index is 0.0124. The van der Waals surface area contributed by atoms with E-state index in [1.807, 2.05) is 54.7 Å². The van der Waals surface area contributed by atoms with E-state index in [0.717, 1.165) is 46.6 Å². The highest BCUT2D eigenvalue weighted by Crippen LogP contribution is 2.34. The molecule has 0 aliphatic carbocycles. The van der Waals surface area contributed by atoms with Crippen molar-refractivity contribution in [3.8, 4) is 5.75 Å². The molecule has 4 rings (SSSR count). The Kier molecular flexibility index (Phi) is 6.42. The number of nitrogens with one attached hydrogen (secondary N) is 2. The first-order chi connectivity index (χ1) is 15.2. The summed E-state index contributed by atoms with van der Waals surface area (Å²) in [6.07, 6.45) is 7.88. The lowest BCUT2D eigenvalue weighted by Crippen LogP contribution is -2.08. The zero-order chi connectivity index (χ0) is 21.5. The van der Waals surface area contributed by atoms with E-state index in [1.54, 1.807) is 18.6 Å². The first-order valence-corrected chi connectivity index (χ1v) is 10.2. The molecule has 0 bridgehead atoms. The summed E-state index contributed by atoms with van der Waals surface area (Å²) in [5, 5.41) is 13.7. The Morgan fingerprint density at radius 1 is 1.13 bits per heavy atom. The molecule has 1 unspecified atom stereocenters. The number of aromatic amines is 1. The van der Waals surface area contributed by atoms with E-state index >= 15 is 0 Å². The molecule has 3 heterocycles. The van der Waals surface area contributed by atoms with Crippen molar-refractivity contribution in [2.75, 3.05) is 18.5 Å². The van der Waals surface area contributed by atoms with E-state index in [0.29, 0.717) is 6.61 Å². The fraction of sp³-hybridized carbons (Fsp3) is 0.208. The van der Waals surface area contributed by atoms with Gasteiger partial charge in [-0.2, -0.15) is 0 Å². The number of hydrogen-bond donors (Lipinski definition) is 3. The quantitative estimate of drug-likeness (QED) is 0.330. The van der Waals surface area contributed by atoms with Crippen LogP contribution in [0.25, 0.3) is 10.9 Å². The minimum atomic E-state index is -0.838. The number of anilines is 1. The number of fused-ring (bicyclic) bond motifs is 1. The molecule has 0 amide bonds. The van der Waals surface area contributed by atoms with Gasteiger partial charge >= 0.3 is 5.97 Å². The van der Waals surface area contributed by atoms with E-state index in [9.17, 15) is 9.90 Å². The molecule has 0 aliphatic rings. The van der Waals surface area contributed by atoms with Gasteiger partial charge < -0.3 is 20.1 Å². The van der Waals surface area contributed by atoms with Gasteiger partial charge in [0.05, 0.1) is 13.0 Å². The van der Waals surface area contributed by atoms with Crippen molar-refractivity contribution in [2.45, 2.75) is 18.8 Å². The number of aromatic nitrogens is 3. The smallest absolute Gasteiger partial charge is 0.304 e. The van der Waals surface area contributed by atoms with Crippen molar-refractivity contribution in [3.63, 3.8) is 0 Å². The average Bonchev–Trinajstić information content (AvgIpc) is 3.21. The molecule has 1 aromatic carbocycles. The van der Waals surface area contributed by atoms with Crippen LogP contribution in [0.15, 0.2) is 73.3 Å². The van der Waals surface area contributed by atoms with E-state index < -0.39 is 5.97 Å². The Morgan fingerprint density at radius 3 is 2.77 bits per heavy atom. The molecule has 0 radical (unpaired) electrons. The molecule has 0 fully saturated rings. The van der Waals surface area contributed by atoms with Crippen molar-refractivity contribution in [2.24, 2.45) is 0 Å². The van der Waals surface area contributed by atoms with E-state index in [4.69, 9.17) is 4.74 Å². The summed E-state index contributed by atoms with van der Waals surface area (Å²) in [7, 11) is 0. The van der Waals surface area contributed by atoms with E-state index in [2.05, 4.69) is 20.3 Å². The van der Waals surface area contributed by atoms with Gasteiger partial charge in [0, 0.05) is 54.2 Å². The number of benzene rings is 1. The summed E-state index contributed by atoms with van der Waals surface area (Å²) in [6.45, 7) is 1.35. The Hall–Kier alpha value is -3.87. The Labute approximate surface area is 180 Å². The lowest BCUT2D eigenvalue weighted by molar-refractivity contribution is -0.137. The summed E-state index contributed by atoms with van der Waals surface area (Å²) < 4.78 is 5.89. The van der Waals surface area contributed by atoms with Gasteiger partial charge in [0.1, 0.15) is 11.6 Å². The minimum Gasteiger partial charge on any atom is -0.493 e. The Bertz CT molecular complexity index is 1130. The Morgan fingerprint density at radius 2 is 2.00 bits per heavy atom. The van der Waals surface area contributed by atoms with Crippen LogP contribution in [0.2, 0.25) is 0 Å². The highest BCUT2D eigenvalue weighted by molar-refractivity contribution is 5.86. The summed E-state index contributed by atoms with van der Waals surface area (Å²) in [4.78, 5) is 23.0. The third-order valence-electron chi connectivity index (χ3n) is 5.11. The van der Waals surface area contributed by atoms with E-state index in [-0.39, 0.29) is 12.3 Å². The van der Waals surface area contributed by atoms with Crippen LogP contribution >= 0.6 is 0 Å². The maximum Gasteiger partial charge on any atom is 0.304 e. The fourth-order valence-electron chi connectivity index (χ4n) is 3.63. The van der Waals surface area contributed by atoms with Gasteiger partial charge in [-0.3, -0.25) is 9.78 Å². The molecule has 7 nitrogen and oxygen atoms in total. The molecular formula is C24H24N4O3. The molecule has 1 atom stereocenters. The van der Waals surface area contributed by atoms with Gasteiger partial charge in [-0.25, -0.2) is 4.98 Å². The SMILES string of the molecule is O=C(O)CC(c1ccncc1)c1c[nH]c2cc(OCCCNc3ccccn3)ccc12. The van der Waals surface area contributed by atoms with E-state index in [1.165, 1.54) is 0 Å². The molecule has 0 saturated carbocycles. The summed E-state index contributed by atoms with van der Waals surface area (Å²) in [6, 6.07) is 15.4. The maximum absolute atomic E-state index is 11.5. The predicted molar refractivity (Wildman–Crippen MR) is 119 cm³/mol. The maximum atomic E-state index is 11.5. The monoisotopic (exact) mass is 416 g/mol. The molecule has 3 aromatic heterocycles. The lowest BCUT2D eigenvalue weighted by Gasteiger charge is -2.15. The first kappa shape index (κ1) is 20.4. The normalized spacial score (nSPS) is 11.9. The van der Waals surface area contributed by atoms with Gasteiger partial charge in [-0.05, 0) is 53.9 Å². The number of ether oxygens (including phenoxy) is 1. The molecule has 0 aliphatic heterocycles. The number of carbonyl (C=O) groups is 1. The standard InChI is InChI=1S/C24H24N4O3/c29-24(30)15-20(17-7-11-25-12-8-17)21-16-28-22-14-18(5-6-19(21)22)31-13-3-10-27-23-4-1-2-9-26-23/h1-2,4-9,11-12,14,16,20,28H,3,10,13,15H2,(H,26,27)(H,29,30). The van der Waals surface area contributed by atoms with Gasteiger partial charge in [-0.15, -0.1) is 0 Å². The molecule has 31 heavy (non-hydrogen) atoms. The molecule has 0 spiro atoms. The second-order valence-electron chi connectivity index (χ2n) is 7.23. The van der Waals surface area contributed by atoms with Crippen LogP contribution in [0.1, 0.15) is 29.9 Å². The highest BCUT2D eigenvalue weighted by atomic mass is 16.5. The second kappa shape index (κ2) is 9.75. The van der Waals surface area contributed by atoms with Crippen LogP contribution in [0.4, 0.5) is 5.82 Å². The number of rotatable bonds is 10. The Balaban J connectivity index is 1.41. The van der Waals surface area contributed by atoms with Crippen LogP contribution in [-0.2, 0) is 4.79 Å². The lowest BCUT2D eigenvalue weighted by atomic mass is 9.89. The van der Waals surface area contributed by atoms with Crippen LogP contribution in [-0.4, -0.2) is 39.2 Å². The number of carboxylic acids is 1. The molecule has 7 heteroatoms. The largest absolute Gasteiger partial charge is 0.493 e. The number of hydrogen-bond acceptors (Lipinski definition) is 5. The third-order valence-corrected chi connectivity index (χ3v) is 5.11. The van der Waals surface area contributed by atoms with Crippen LogP contribution < -0.4 is 10.1 Å². The third kappa shape index (κ3) is 5.19. The molecule has 3 N–H and O–H groups in total. The molecular weight excluding hydrogens is 392 g/mol. The van der Waals surface area contributed by atoms with Crippen LogP contribution in [0.5, 0.6) is 5.75 Å². The van der Waals surface area contributed by atoms with Gasteiger partial charge in [0.2, 0.25) is 0 Å². The summed E-state index contributed by atoms with van der Waals surface area (Å²) >= 11 is 0. The second-order valence-corrected chi connectivity index (χ2v) is 7.23. The van der Waals surface area contributed by atoms with Crippen LogP contribution in [0.3, 0.4) is 0 Å². The number of nitrogens with zero attached hydrogens (tertiary/aromatic N) is 2. The predicted octanol–water partition coefficient (Wildman–Crippen LogP) is 4.45. The average molecular weight is 416 g/mol. The van der Waals surface area contributed by atoms with Gasteiger partial charge in [-0.1, -0.05) is 6.07 Å². The first-order valence-electron chi connectivity index (χ1n) is 10.2. The molecule has 0 saturated heterocycles. The number of pyridine rings is 2. The number of aliphatic carboxylic acids is 1. The number of H-pyrrole nitrogens is 1. The summed E-state index contributed by atoms with van der Waals surface area (Å²) in [5.41, 5.74) is 2.80. The number of carboxylic acid groups (broad SMARTS) is 1. The van der Waals surface area contributed by atoms with Crippen molar-refractivity contribution in [1.29, 1.82) is 0 Å². The van der Waals surface area contributed by atoms with Crippen molar-refractivity contribution >= 4 is 22.7 Å². The highest BCUT2D eigenvalue weighted by Gasteiger charge is 2.21. The van der Waals surface area contributed by atoms with Crippen molar-refractivity contribution in [1.82, 2.24) is 15.0 Å². The topological polar surface area (TPSA) is 100 Å². The van der Waals surface area contributed by atoms with Gasteiger partial charge in [0.15, 0.2) is 0 Å². The zero-order valence-electron chi connectivity index (χ0n) is 17.0. The van der Waals surface area contributed by atoms with Gasteiger partial charge in [0.25, 0.3) is 0 Å². The molecule has 158 valence electrons. The van der Waals surface area contributed by atoms with Crippen molar-refractivity contribution in [3.05, 3.63) is 84.4 Å². The zero-order valence-corrected chi connectivity index (χ0v) is 17.0. The summed E-state index contributed by atoms with van der Waals surface area (Å²) in [5.74, 6) is 0.541. The fourth-order valence-corrected chi connectivity index (χ4v) is 3.63. The van der Waals surface area contributed by atoms with Crippen LogP contribution in [0, 0.1) is 0 Å². The molecule has 4 aromatic rings.